The number of piperazine rings is 1. The van der Waals surface area contributed by atoms with Crippen molar-refractivity contribution >= 4 is 18.1 Å². The van der Waals surface area contributed by atoms with Gasteiger partial charge in [0.25, 0.3) is 0 Å². The van der Waals surface area contributed by atoms with Crippen LogP contribution in [0.15, 0.2) is 54.6 Å². The Hall–Kier alpha value is -3.25. The van der Waals surface area contributed by atoms with Crippen LogP contribution in [0.1, 0.15) is 17.5 Å². The first-order valence-electron chi connectivity index (χ1n) is 10.8. The Balaban J connectivity index is 1.48. The van der Waals surface area contributed by atoms with Crippen LogP contribution in [0.4, 0.5) is 0 Å². The first kappa shape index (κ1) is 23.4. The molecular weight excluding hydrogens is 404 g/mol. The fourth-order valence-electron chi connectivity index (χ4n) is 3.75. The highest BCUT2D eigenvalue weighted by Gasteiger charge is 2.19. The van der Waals surface area contributed by atoms with E-state index in [0.29, 0.717) is 23.7 Å². The molecule has 0 atom stereocenters. The summed E-state index contributed by atoms with van der Waals surface area (Å²) in [5.74, 6) is 1.88. The molecule has 1 fully saturated rings. The minimum absolute atomic E-state index is 0.139. The quantitative estimate of drug-likeness (QED) is 0.595. The molecule has 2 aromatic carbocycles. The molecule has 6 heteroatoms. The van der Waals surface area contributed by atoms with Crippen molar-refractivity contribution in [3.05, 3.63) is 65.7 Å². The number of amides is 1. The van der Waals surface area contributed by atoms with E-state index >= 15 is 0 Å². The van der Waals surface area contributed by atoms with E-state index in [-0.39, 0.29) is 5.91 Å². The molecule has 1 aliphatic rings. The lowest BCUT2D eigenvalue weighted by Gasteiger charge is -2.34. The van der Waals surface area contributed by atoms with Crippen LogP contribution < -0.4 is 14.2 Å². The van der Waals surface area contributed by atoms with E-state index < -0.39 is 0 Å². The highest BCUT2D eigenvalue weighted by atomic mass is 16.5. The second-order valence-electron chi connectivity index (χ2n) is 7.52. The predicted molar refractivity (Wildman–Crippen MR) is 128 cm³/mol. The molecule has 0 unspecified atom stereocenters. The lowest BCUT2D eigenvalue weighted by Crippen LogP contribution is -2.48. The molecule has 0 bridgehead atoms. The third-order valence-electron chi connectivity index (χ3n) is 5.52. The molecule has 1 heterocycles. The summed E-state index contributed by atoms with van der Waals surface area (Å²) < 4.78 is 16.2. The van der Waals surface area contributed by atoms with E-state index in [1.54, 1.807) is 21.3 Å². The van der Waals surface area contributed by atoms with Gasteiger partial charge in [-0.2, -0.15) is 0 Å². The Morgan fingerprint density at radius 2 is 1.56 bits per heavy atom. The first-order valence-corrected chi connectivity index (χ1v) is 10.8. The fourth-order valence-corrected chi connectivity index (χ4v) is 3.75. The summed E-state index contributed by atoms with van der Waals surface area (Å²) in [6.45, 7) is 4.18. The monoisotopic (exact) mass is 436 g/mol. The Morgan fingerprint density at radius 3 is 2.22 bits per heavy atom. The minimum Gasteiger partial charge on any atom is -0.493 e. The molecule has 0 aromatic heterocycles. The van der Waals surface area contributed by atoms with Gasteiger partial charge in [-0.1, -0.05) is 54.6 Å². The van der Waals surface area contributed by atoms with Gasteiger partial charge in [-0.05, 0) is 17.7 Å². The van der Waals surface area contributed by atoms with Crippen molar-refractivity contribution < 1.29 is 19.0 Å². The second kappa shape index (κ2) is 12.0. The molecule has 0 spiro atoms. The topological polar surface area (TPSA) is 51.2 Å². The van der Waals surface area contributed by atoms with Crippen LogP contribution in [0.3, 0.4) is 0 Å². The maximum absolute atomic E-state index is 12.6. The predicted octanol–water partition coefficient (Wildman–Crippen LogP) is 3.97. The number of ether oxygens (including phenoxy) is 3. The Bertz CT molecular complexity index is 932. The van der Waals surface area contributed by atoms with Gasteiger partial charge in [0.2, 0.25) is 11.7 Å². The second-order valence-corrected chi connectivity index (χ2v) is 7.52. The number of carbonyl (C=O) groups is 1. The minimum atomic E-state index is 0.139. The van der Waals surface area contributed by atoms with E-state index in [1.807, 2.05) is 47.4 Å². The summed E-state index contributed by atoms with van der Waals surface area (Å²) in [6, 6.07) is 14.0. The number of nitrogens with zero attached hydrogens (tertiary/aromatic N) is 2. The third-order valence-corrected chi connectivity index (χ3v) is 5.52. The zero-order chi connectivity index (χ0) is 22.8. The largest absolute Gasteiger partial charge is 0.493 e. The van der Waals surface area contributed by atoms with Crippen LogP contribution in [-0.4, -0.2) is 69.8 Å². The van der Waals surface area contributed by atoms with Crippen LogP contribution in [0, 0.1) is 0 Å². The van der Waals surface area contributed by atoms with Crippen molar-refractivity contribution in [2.45, 2.75) is 6.42 Å². The van der Waals surface area contributed by atoms with Crippen molar-refractivity contribution in [2.24, 2.45) is 0 Å². The van der Waals surface area contributed by atoms with Gasteiger partial charge in [-0.25, -0.2) is 0 Å². The maximum Gasteiger partial charge on any atom is 0.226 e. The van der Waals surface area contributed by atoms with Gasteiger partial charge < -0.3 is 19.1 Å². The number of benzene rings is 2. The molecule has 0 aliphatic carbocycles. The van der Waals surface area contributed by atoms with Crippen LogP contribution in [0.25, 0.3) is 12.2 Å². The Labute approximate surface area is 190 Å². The van der Waals surface area contributed by atoms with Gasteiger partial charge in [-0.15, -0.1) is 0 Å². The van der Waals surface area contributed by atoms with E-state index in [9.17, 15) is 4.79 Å². The van der Waals surface area contributed by atoms with E-state index in [1.165, 1.54) is 5.56 Å². The van der Waals surface area contributed by atoms with E-state index in [0.717, 1.165) is 38.3 Å². The van der Waals surface area contributed by atoms with Crippen molar-refractivity contribution in [1.29, 1.82) is 0 Å². The Kier molecular flexibility index (Phi) is 8.75. The number of hydrogen-bond acceptors (Lipinski definition) is 5. The molecule has 3 rings (SSSR count). The molecule has 1 amide bonds. The zero-order valence-electron chi connectivity index (χ0n) is 19.1. The zero-order valence-corrected chi connectivity index (χ0v) is 19.1. The summed E-state index contributed by atoms with van der Waals surface area (Å²) in [5, 5.41) is 0. The van der Waals surface area contributed by atoms with Gasteiger partial charge in [0, 0.05) is 44.7 Å². The van der Waals surface area contributed by atoms with Gasteiger partial charge in [0.1, 0.15) is 0 Å². The van der Waals surface area contributed by atoms with Crippen LogP contribution in [-0.2, 0) is 4.79 Å². The molecule has 0 N–H and O–H groups in total. The molecule has 2 aromatic rings. The molecule has 1 aliphatic heterocycles. The lowest BCUT2D eigenvalue weighted by molar-refractivity contribution is -0.131. The molecule has 0 saturated carbocycles. The molecule has 32 heavy (non-hydrogen) atoms. The smallest absolute Gasteiger partial charge is 0.226 e. The normalized spacial score (nSPS) is 14.8. The third kappa shape index (κ3) is 6.14. The van der Waals surface area contributed by atoms with Gasteiger partial charge in [0.05, 0.1) is 21.3 Å². The summed E-state index contributed by atoms with van der Waals surface area (Å²) >= 11 is 0. The van der Waals surface area contributed by atoms with Crippen LogP contribution in [0.5, 0.6) is 17.2 Å². The molecule has 1 saturated heterocycles. The molecular formula is C26H32N2O4. The highest BCUT2D eigenvalue weighted by Crippen LogP contribution is 2.40. The summed E-state index contributed by atoms with van der Waals surface area (Å²) in [7, 11) is 4.76. The van der Waals surface area contributed by atoms with Crippen LogP contribution >= 0.6 is 0 Å². The molecule has 0 radical (unpaired) electrons. The number of hydrogen-bond donors (Lipinski definition) is 0. The van der Waals surface area contributed by atoms with Gasteiger partial charge in [0.15, 0.2) is 11.5 Å². The SMILES string of the molecule is COc1ccc(/C=C/CC(=O)N2CCN(C/C=C/c3ccccc3)CC2)c(OC)c1OC. The van der Waals surface area contributed by atoms with E-state index in [4.69, 9.17) is 14.2 Å². The van der Waals surface area contributed by atoms with Crippen molar-refractivity contribution in [2.75, 3.05) is 54.1 Å². The average Bonchev–Trinajstić information content (AvgIpc) is 2.84. The number of methoxy groups -OCH3 is 3. The number of rotatable bonds is 9. The van der Waals surface area contributed by atoms with Crippen molar-refractivity contribution in [1.82, 2.24) is 9.80 Å². The van der Waals surface area contributed by atoms with Gasteiger partial charge in [-0.3, -0.25) is 9.69 Å². The highest BCUT2D eigenvalue weighted by molar-refractivity contribution is 5.79. The van der Waals surface area contributed by atoms with E-state index in [2.05, 4.69) is 29.2 Å². The fraction of sp³-hybridized carbons (Fsp3) is 0.346. The first-order chi connectivity index (χ1) is 15.7. The van der Waals surface area contributed by atoms with Crippen molar-refractivity contribution in [3.63, 3.8) is 0 Å². The lowest BCUT2D eigenvalue weighted by atomic mass is 10.1. The molecule has 170 valence electrons. The van der Waals surface area contributed by atoms with Gasteiger partial charge >= 0.3 is 0 Å². The summed E-state index contributed by atoms with van der Waals surface area (Å²) in [5.41, 5.74) is 2.05. The average molecular weight is 437 g/mol. The summed E-state index contributed by atoms with van der Waals surface area (Å²) in [6.07, 6.45) is 8.45. The maximum atomic E-state index is 12.6. The standard InChI is InChI=1S/C26H32N2O4/c1-30-23-15-14-22(25(31-2)26(23)32-3)12-7-13-24(29)28-19-17-27(18-20-28)16-8-11-21-9-5-4-6-10-21/h4-12,14-15H,13,16-20H2,1-3H3/b11-8+,12-7+. The molecule has 6 nitrogen and oxygen atoms in total. The number of carbonyl (C=O) groups excluding carboxylic acids is 1. The summed E-state index contributed by atoms with van der Waals surface area (Å²) in [4.78, 5) is 16.9. The van der Waals surface area contributed by atoms with Crippen LogP contribution in [0.2, 0.25) is 0 Å². The van der Waals surface area contributed by atoms with Crippen molar-refractivity contribution in [3.8, 4) is 17.2 Å². The Morgan fingerprint density at radius 1 is 0.844 bits per heavy atom.